The summed E-state index contributed by atoms with van der Waals surface area (Å²) in [6.07, 6.45) is -0.155. The van der Waals surface area contributed by atoms with Crippen molar-refractivity contribution < 1.29 is 24.2 Å². The lowest BCUT2D eigenvalue weighted by Crippen LogP contribution is -2.54. The van der Waals surface area contributed by atoms with E-state index in [9.17, 15) is 14.6 Å². The average molecular weight is 289 g/mol. The molecule has 114 valence electrons. The van der Waals surface area contributed by atoms with Gasteiger partial charge in [0.2, 0.25) is 0 Å². The Hall–Kier alpha value is -1.25. The Labute approximate surface area is 116 Å². The first-order valence-electron chi connectivity index (χ1n) is 6.82. The van der Waals surface area contributed by atoms with E-state index >= 15 is 0 Å². The molecular formula is C12H20FN3O4. The van der Waals surface area contributed by atoms with Crippen LogP contribution in [0.2, 0.25) is 0 Å². The van der Waals surface area contributed by atoms with Crippen molar-refractivity contribution in [3.8, 4) is 0 Å². The van der Waals surface area contributed by atoms with E-state index in [1.54, 1.807) is 6.20 Å². The fourth-order valence-electron chi connectivity index (χ4n) is 1.96. The van der Waals surface area contributed by atoms with Crippen molar-refractivity contribution in [3.63, 3.8) is 0 Å². The van der Waals surface area contributed by atoms with Crippen LogP contribution < -0.4 is 4.84 Å². The van der Waals surface area contributed by atoms with Crippen LogP contribution in [0.4, 0.5) is 4.39 Å². The van der Waals surface area contributed by atoms with E-state index in [0.717, 1.165) is 36.2 Å². The van der Waals surface area contributed by atoms with Crippen LogP contribution in [-0.2, 0) is 11.2 Å². The van der Waals surface area contributed by atoms with Crippen molar-refractivity contribution in [1.29, 1.82) is 0 Å². The number of hydrogen-bond donors (Lipinski definition) is 2. The summed E-state index contributed by atoms with van der Waals surface area (Å²) in [7, 11) is 0. The van der Waals surface area contributed by atoms with Crippen molar-refractivity contribution in [3.05, 3.63) is 11.9 Å². The normalized spacial score (nSPS) is 30.4. The third-order valence-electron chi connectivity index (χ3n) is 3.19. The van der Waals surface area contributed by atoms with E-state index in [4.69, 9.17) is 9.57 Å². The van der Waals surface area contributed by atoms with Crippen LogP contribution in [0.3, 0.4) is 0 Å². The lowest BCUT2D eigenvalue weighted by Gasteiger charge is -2.32. The first kappa shape index (κ1) is 15.1. The molecule has 1 aromatic rings. The molecule has 0 amide bonds. The molecule has 0 radical (unpaired) electrons. The van der Waals surface area contributed by atoms with Gasteiger partial charge in [0.15, 0.2) is 6.17 Å². The summed E-state index contributed by atoms with van der Waals surface area (Å²) in [4.78, 5) is 6.29. The van der Waals surface area contributed by atoms with E-state index in [1.807, 2.05) is 0 Å². The molecule has 0 unspecified atom stereocenters. The highest BCUT2D eigenvalue weighted by atomic mass is 19.1. The highest BCUT2D eigenvalue weighted by Crippen LogP contribution is 2.17. The summed E-state index contributed by atoms with van der Waals surface area (Å²) in [6.45, 7) is 1.78. The minimum absolute atomic E-state index is 0.332. The quantitative estimate of drug-likeness (QED) is 0.708. The Balaban J connectivity index is 1.87. The Morgan fingerprint density at radius 3 is 3.00 bits per heavy atom. The van der Waals surface area contributed by atoms with E-state index in [1.165, 1.54) is 0 Å². The Kier molecular flexibility index (Phi) is 5.27. The molecule has 1 aromatic heterocycles. The molecule has 1 saturated heterocycles. The van der Waals surface area contributed by atoms with Gasteiger partial charge in [0.05, 0.1) is 18.5 Å². The Morgan fingerprint density at radius 2 is 2.25 bits per heavy atom. The van der Waals surface area contributed by atoms with Gasteiger partial charge in [-0.2, -0.15) is 0 Å². The summed E-state index contributed by atoms with van der Waals surface area (Å²) in [5, 5.41) is 26.7. The summed E-state index contributed by atoms with van der Waals surface area (Å²) >= 11 is 0. The minimum atomic E-state index is -1.62. The summed E-state index contributed by atoms with van der Waals surface area (Å²) in [5.74, 6) is 0. The van der Waals surface area contributed by atoms with Crippen LogP contribution in [-0.4, -0.2) is 56.6 Å². The number of halogens is 1. The lowest BCUT2D eigenvalue weighted by atomic mass is 10.1. The van der Waals surface area contributed by atoms with Crippen molar-refractivity contribution >= 4 is 0 Å². The van der Waals surface area contributed by atoms with Gasteiger partial charge in [0, 0.05) is 0 Å². The fraction of sp³-hybridized carbons (Fsp3) is 0.833. The lowest BCUT2D eigenvalue weighted by molar-refractivity contribution is -0.264. The molecule has 7 nitrogen and oxygen atoms in total. The zero-order valence-electron chi connectivity index (χ0n) is 11.4. The van der Waals surface area contributed by atoms with Gasteiger partial charge >= 0.3 is 0 Å². The minimum Gasteiger partial charge on any atom is -0.387 e. The maximum atomic E-state index is 13.1. The van der Waals surface area contributed by atoms with Gasteiger partial charge in [-0.25, -0.2) is 4.39 Å². The van der Waals surface area contributed by atoms with Crippen LogP contribution in [0.5, 0.6) is 0 Å². The van der Waals surface area contributed by atoms with Crippen LogP contribution in [0, 0.1) is 0 Å². The number of aliphatic hydroxyl groups excluding tert-OH is 2. The maximum absolute atomic E-state index is 13.1. The zero-order valence-corrected chi connectivity index (χ0v) is 11.4. The van der Waals surface area contributed by atoms with E-state index in [-0.39, 0.29) is 6.61 Å². The van der Waals surface area contributed by atoms with Gasteiger partial charge < -0.3 is 19.8 Å². The molecule has 0 spiro atoms. The number of aliphatic hydroxyl groups is 2. The smallest absolute Gasteiger partial charge is 0.255 e. The monoisotopic (exact) mass is 289 g/mol. The molecule has 0 aliphatic carbocycles. The van der Waals surface area contributed by atoms with Gasteiger partial charge in [-0.3, -0.25) is 0 Å². The number of nitrogens with zero attached hydrogens (tertiary/aromatic N) is 3. The van der Waals surface area contributed by atoms with Gasteiger partial charge in [0.1, 0.15) is 12.2 Å². The van der Waals surface area contributed by atoms with Crippen LogP contribution in [0.25, 0.3) is 0 Å². The van der Waals surface area contributed by atoms with E-state index in [2.05, 4.69) is 17.2 Å². The van der Waals surface area contributed by atoms with Crippen LogP contribution >= 0.6 is 0 Å². The molecule has 0 bridgehead atoms. The number of rotatable bonds is 6. The zero-order chi connectivity index (χ0) is 14.5. The largest absolute Gasteiger partial charge is 0.387 e. The molecule has 8 heteroatoms. The molecule has 4 atom stereocenters. The molecule has 20 heavy (non-hydrogen) atoms. The second-order valence-corrected chi connectivity index (χ2v) is 4.87. The van der Waals surface area contributed by atoms with Gasteiger partial charge in [-0.15, -0.1) is 5.10 Å². The first-order valence-corrected chi connectivity index (χ1v) is 6.82. The number of unbranched alkanes of at least 4 members (excludes halogenated alkanes) is 2. The molecule has 1 aliphatic rings. The number of aromatic nitrogens is 3. The molecule has 1 aliphatic heterocycles. The first-order chi connectivity index (χ1) is 9.61. The average Bonchev–Trinajstić information content (AvgIpc) is 2.88. The predicted octanol–water partition coefficient (Wildman–Crippen LogP) is -0.144. The third kappa shape index (κ3) is 3.65. The Bertz CT molecular complexity index is 417. The molecule has 0 aromatic carbocycles. The predicted molar refractivity (Wildman–Crippen MR) is 66.5 cm³/mol. The maximum Gasteiger partial charge on any atom is 0.255 e. The molecule has 0 saturated carbocycles. The standard InChI is InChI=1S/C12H20FN3O4/c1-2-3-4-5-8-6-16(15-14-8)20-12-11(18)10(17)9(13)7-19-12/h6,9-12,17-18H,2-5,7H2,1H3/t9-,10+,11-,12+/m1/s1. The Morgan fingerprint density at radius 1 is 1.45 bits per heavy atom. The highest BCUT2D eigenvalue weighted by molar-refractivity contribution is 4.91. The molecule has 2 heterocycles. The molecular weight excluding hydrogens is 269 g/mol. The third-order valence-corrected chi connectivity index (χ3v) is 3.19. The van der Waals surface area contributed by atoms with Crippen LogP contribution in [0.1, 0.15) is 31.9 Å². The number of alkyl halides is 1. The summed E-state index contributed by atoms with van der Waals surface area (Å²) < 4.78 is 18.1. The number of ether oxygens (including phenoxy) is 1. The fourth-order valence-corrected chi connectivity index (χ4v) is 1.96. The van der Waals surface area contributed by atoms with Gasteiger partial charge in [0.25, 0.3) is 6.29 Å². The van der Waals surface area contributed by atoms with Crippen molar-refractivity contribution in [1.82, 2.24) is 15.2 Å². The van der Waals surface area contributed by atoms with Crippen molar-refractivity contribution in [2.75, 3.05) is 6.61 Å². The summed E-state index contributed by atoms with van der Waals surface area (Å²) in [5.41, 5.74) is 0.771. The number of aryl methyl sites for hydroxylation is 1. The van der Waals surface area contributed by atoms with E-state index < -0.39 is 24.7 Å². The number of hydrogen-bond acceptors (Lipinski definition) is 6. The van der Waals surface area contributed by atoms with Crippen LogP contribution in [0.15, 0.2) is 6.20 Å². The van der Waals surface area contributed by atoms with Crippen molar-refractivity contribution in [2.45, 2.75) is 57.3 Å². The highest BCUT2D eigenvalue weighted by Gasteiger charge is 2.40. The van der Waals surface area contributed by atoms with Gasteiger partial charge in [-0.1, -0.05) is 24.6 Å². The van der Waals surface area contributed by atoms with Crippen molar-refractivity contribution in [2.24, 2.45) is 0 Å². The molecule has 1 fully saturated rings. The van der Waals surface area contributed by atoms with Gasteiger partial charge in [-0.05, 0) is 18.1 Å². The SMILES string of the molecule is CCCCCc1cn(O[C@@H]2OC[C@@H](F)[C@H](O)[C@H]2O)nn1. The molecule has 2 N–H and O–H groups in total. The molecule has 2 rings (SSSR count). The second kappa shape index (κ2) is 6.96. The van der Waals surface area contributed by atoms with E-state index in [0.29, 0.717) is 0 Å². The topological polar surface area (TPSA) is 89.6 Å². The second-order valence-electron chi connectivity index (χ2n) is 4.87. The summed E-state index contributed by atoms with van der Waals surface area (Å²) in [6, 6.07) is 0.